The topological polar surface area (TPSA) is 72.5 Å². The molecule has 0 fully saturated rings. The Morgan fingerprint density at radius 1 is 1.21 bits per heavy atom. The fraction of sp³-hybridized carbons (Fsp3) is 0.333. The molecule has 2 rings (SSSR count). The Labute approximate surface area is 160 Å². The molecule has 0 aliphatic heterocycles. The van der Waals surface area contributed by atoms with Crippen molar-refractivity contribution < 1.29 is 4.74 Å². The van der Waals surface area contributed by atoms with Gasteiger partial charge in [-0.1, -0.05) is 50.2 Å². The minimum Gasteiger partial charge on any atom is -0.473 e. The first-order valence-corrected chi connectivity index (χ1v) is 7.79. The molecule has 0 aliphatic carbocycles. The molecule has 0 spiro atoms. The highest BCUT2D eigenvalue weighted by molar-refractivity contribution is 14.0. The zero-order chi connectivity index (χ0) is 16.5. The van der Waals surface area contributed by atoms with Crippen LogP contribution in [0.4, 0.5) is 0 Å². The normalized spacial score (nSPS) is 11.0. The summed E-state index contributed by atoms with van der Waals surface area (Å²) < 4.78 is 5.81. The van der Waals surface area contributed by atoms with Crippen molar-refractivity contribution in [3.63, 3.8) is 0 Å². The summed E-state index contributed by atoms with van der Waals surface area (Å²) in [7, 11) is 0. The molecule has 0 saturated heterocycles. The number of nitrogens with zero attached hydrogens (tertiary/aromatic N) is 2. The van der Waals surface area contributed by atoms with Gasteiger partial charge in [0, 0.05) is 18.3 Å². The Morgan fingerprint density at radius 3 is 2.67 bits per heavy atom. The average Bonchev–Trinajstić information content (AvgIpc) is 2.58. The van der Waals surface area contributed by atoms with Crippen LogP contribution in [0.25, 0.3) is 0 Å². The van der Waals surface area contributed by atoms with Crippen LogP contribution < -0.4 is 15.8 Å². The Bertz CT molecular complexity index is 632. The number of hydrogen-bond donors (Lipinski definition) is 2. The summed E-state index contributed by atoms with van der Waals surface area (Å²) in [6, 6.07) is 13.8. The molecule has 130 valence electrons. The zero-order valence-corrected chi connectivity index (χ0v) is 16.4. The maximum absolute atomic E-state index is 5.86. The summed E-state index contributed by atoms with van der Waals surface area (Å²) in [4.78, 5) is 8.64. The van der Waals surface area contributed by atoms with Gasteiger partial charge in [-0.05, 0) is 17.5 Å². The van der Waals surface area contributed by atoms with Gasteiger partial charge >= 0.3 is 0 Å². The lowest BCUT2D eigenvalue weighted by molar-refractivity contribution is 0.290. The van der Waals surface area contributed by atoms with Gasteiger partial charge in [0.2, 0.25) is 5.88 Å². The average molecular weight is 440 g/mol. The first-order valence-electron chi connectivity index (χ1n) is 7.79. The van der Waals surface area contributed by atoms with Crippen LogP contribution in [0.2, 0.25) is 0 Å². The number of rotatable bonds is 7. The van der Waals surface area contributed by atoms with E-state index in [9.17, 15) is 0 Å². The van der Waals surface area contributed by atoms with Gasteiger partial charge in [-0.2, -0.15) is 0 Å². The Kier molecular flexibility index (Phi) is 9.14. The van der Waals surface area contributed by atoms with Gasteiger partial charge in [0.05, 0.1) is 6.54 Å². The molecule has 0 unspecified atom stereocenters. The van der Waals surface area contributed by atoms with Gasteiger partial charge in [-0.25, -0.2) is 9.98 Å². The van der Waals surface area contributed by atoms with Crippen molar-refractivity contribution in [3.8, 4) is 5.88 Å². The van der Waals surface area contributed by atoms with Gasteiger partial charge in [-0.15, -0.1) is 24.0 Å². The lowest BCUT2D eigenvalue weighted by Gasteiger charge is -2.10. The van der Waals surface area contributed by atoms with E-state index in [0.717, 1.165) is 17.7 Å². The molecule has 0 amide bonds. The van der Waals surface area contributed by atoms with E-state index in [2.05, 4.69) is 29.1 Å². The standard InChI is InChI=1S/C18H24N4O.HI/c1-14(2)11-21-18(19)22-12-16-9-6-10-20-17(16)23-13-15-7-4-3-5-8-15;/h3-10,14H,11-13H2,1-2H3,(H3,19,21,22);1H. The van der Waals surface area contributed by atoms with E-state index in [4.69, 9.17) is 10.5 Å². The molecule has 0 saturated carbocycles. The highest BCUT2D eigenvalue weighted by Crippen LogP contribution is 2.17. The predicted molar refractivity (Wildman–Crippen MR) is 109 cm³/mol. The summed E-state index contributed by atoms with van der Waals surface area (Å²) >= 11 is 0. The molecular weight excluding hydrogens is 415 g/mol. The molecule has 0 radical (unpaired) electrons. The number of guanidine groups is 1. The number of aromatic nitrogens is 1. The minimum atomic E-state index is 0. The first kappa shape index (κ1) is 20.2. The first-order chi connectivity index (χ1) is 11.1. The van der Waals surface area contributed by atoms with E-state index in [1.807, 2.05) is 42.5 Å². The number of benzene rings is 1. The number of aliphatic imine (C=N–C) groups is 1. The van der Waals surface area contributed by atoms with Crippen LogP contribution in [0.5, 0.6) is 5.88 Å². The lowest BCUT2D eigenvalue weighted by atomic mass is 10.2. The highest BCUT2D eigenvalue weighted by Gasteiger charge is 2.05. The molecule has 3 N–H and O–H groups in total. The second kappa shape index (κ2) is 10.9. The van der Waals surface area contributed by atoms with E-state index in [0.29, 0.717) is 30.9 Å². The van der Waals surface area contributed by atoms with Crippen molar-refractivity contribution in [2.75, 3.05) is 6.54 Å². The molecule has 1 heterocycles. The van der Waals surface area contributed by atoms with Gasteiger partial charge in [-0.3, -0.25) is 0 Å². The minimum absolute atomic E-state index is 0. The Hall–Kier alpha value is -1.83. The third kappa shape index (κ3) is 7.16. The number of hydrogen-bond acceptors (Lipinski definition) is 3. The van der Waals surface area contributed by atoms with Gasteiger partial charge in [0.15, 0.2) is 5.96 Å². The summed E-state index contributed by atoms with van der Waals surface area (Å²) in [5.74, 6) is 1.56. The number of nitrogens with two attached hydrogens (primary N) is 1. The Morgan fingerprint density at radius 2 is 1.96 bits per heavy atom. The number of nitrogens with one attached hydrogen (secondary N) is 1. The molecule has 2 aromatic rings. The van der Waals surface area contributed by atoms with E-state index >= 15 is 0 Å². The van der Waals surface area contributed by atoms with Crippen LogP contribution in [0, 0.1) is 5.92 Å². The summed E-state index contributed by atoms with van der Waals surface area (Å²) in [6.07, 6.45) is 1.72. The van der Waals surface area contributed by atoms with E-state index < -0.39 is 0 Å². The van der Waals surface area contributed by atoms with E-state index in [-0.39, 0.29) is 24.0 Å². The third-order valence-corrected chi connectivity index (χ3v) is 3.18. The second-order valence-electron chi connectivity index (χ2n) is 5.72. The van der Waals surface area contributed by atoms with Crippen molar-refractivity contribution in [1.82, 2.24) is 10.3 Å². The highest BCUT2D eigenvalue weighted by atomic mass is 127. The quantitative estimate of drug-likeness (QED) is 0.394. The largest absolute Gasteiger partial charge is 0.473 e. The summed E-state index contributed by atoms with van der Waals surface area (Å²) in [5, 5.41) is 3.10. The molecule has 0 atom stereocenters. The van der Waals surface area contributed by atoms with Gasteiger partial charge in [0.25, 0.3) is 0 Å². The maximum Gasteiger partial charge on any atom is 0.218 e. The van der Waals surface area contributed by atoms with Crippen LogP contribution in [-0.4, -0.2) is 17.5 Å². The van der Waals surface area contributed by atoms with Crippen LogP contribution >= 0.6 is 24.0 Å². The SMILES string of the molecule is CC(C)CNC(N)=NCc1cccnc1OCc1ccccc1.I. The predicted octanol–water partition coefficient (Wildman–Crippen LogP) is 3.34. The molecular formula is C18H25IN4O. The van der Waals surface area contributed by atoms with Crippen LogP contribution in [-0.2, 0) is 13.2 Å². The smallest absolute Gasteiger partial charge is 0.218 e. The van der Waals surface area contributed by atoms with Gasteiger partial charge < -0.3 is 15.8 Å². The number of halogens is 1. The molecule has 6 heteroatoms. The van der Waals surface area contributed by atoms with Crippen molar-refractivity contribution in [2.45, 2.75) is 27.0 Å². The molecule has 1 aromatic heterocycles. The van der Waals surface area contributed by atoms with Crippen molar-refractivity contribution in [1.29, 1.82) is 0 Å². The third-order valence-electron chi connectivity index (χ3n) is 3.18. The molecule has 1 aromatic carbocycles. The fourth-order valence-electron chi connectivity index (χ4n) is 1.94. The molecule has 24 heavy (non-hydrogen) atoms. The van der Waals surface area contributed by atoms with Crippen LogP contribution in [0.15, 0.2) is 53.7 Å². The second-order valence-corrected chi connectivity index (χ2v) is 5.72. The maximum atomic E-state index is 5.86. The van der Waals surface area contributed by atoms with Crippen molar-refractivity contribution in [2.24, 2.45) is 16.6 Å². The van der Waals surface area contributed by atoms with E-state index in [1.54, 1.807) is 6.20 Å². The summed E-state index contributed by atoms with van der Waals surface area (Å²) in [5.41, 5.74) is 7.88. The number of pyridine rings is 1. The van der Waals surface area contributed by atoms with Crippen molar-refractivity contribution >= 4 is 29.9 Å². The van der Waals surface area contributed by atoms with Crippen molar-refractivity contribution in [3.05, 3.63) is 59.8 Å². The fourth-order valence-corrected chi connectivity index (χ4v) is 1.94. The van der Waals surface area contributed by atoms with E-state index in [1.165, 1.54) is 0 Å². The van der Waals surface area contributed by atoms with Crippen LogP contribution in [0.3, 0.4) is 0 Å². The Balaban J connectivity index is 0.00000288. The zero-order valence-electron chi connectivity index (χ0n) is 14.1. The molecule has 5 nitrogen and oxygen atoms in total. The summed E-state index contributed by atoms with van der Waals surface area (Å²) in [6.45, 7) is 5.97. The number of ether oxygens (including phenoxy) is 1. The molecule has 0 bridgehead atoms. The lowest BCUT2D eigenvalue weighted by Crippen LogP contribution is -2.34. The monoisotopic (exact) mass is 440 g/mol. The molecule has 0 aliphatic rings. The van der Waals surface area contributed by atoms with Gasteiger partial charge in [0.1, 0.15) is 6.61 Å². The van der Waals surface area contributed by atoms with Crippen LogP contribution in [0.1, 0.15) is 25.0 Å².